The zero-order valence-electron chi connectivity index (χ0n) is 8.22. The van der Waals surface area contributed by atoms with Crippen molar-refractivity contribution in [1.29, 1.82) is 0 Å². The number of rotatable bonds is 3. The third kappa shape index (κ3) is 3.31. The van der Waals surface area contributed by atoms with Crippen LogP contribution in [0.4, 0.5) is 0 Å². The molecule has 0 aliphatic heterocycles. The average Bonchev–Trinajstić information content (AvgIpc) is 2.00. The van der Waals surface area contributed by atoms with Gasteiger partial charge in [0.15, 0.2) is 0 Å². The Morgan fingerprint density at radius 1 is 1.55 bits per heavy atom. The molecule has 0 N–H and O–H groups in total. The molecule has 3 heteroatoms. The van der Waals surface area contributed by atoms with Crippen molar-refractivity contribution >= 4 is 23.6 Å². The molecule has 0 aliphatic rings. The van der Waals surface area contributed by atoms with Crippen molar-refractivity contribution in [3.63, 3.8) is 0 Å². The average molecular weight is 149 g/mol. The zero-order chi connectivity index (χ0) is 9.02. The van der Waals surface area contributed by atoms with E-state index in [0.29, 0.717) is 5.92 Å². The molecule has 0 heterocycles. The molecule has 1 amide bonds. The summed E-state index contributed by atoms with van der Waals surface area (Å²) in [4.78, 5) is 13.2. The van der Waals surface area contributed by atoms with Crippen LogP contribution in [0.5, 0.6) is 0 Å². The Balaban J connectivity index is 4.02. The van der Waals surface area contributed by atoms with Crippen LogP contribution >= 0.6 is 0 Å². The van der Waals surface area contributed by atoms with Gasteiger partial charge in [-0.25, -0.2) is 0 Å². The van der Waals surface area contributed by atoms with E-state index in [1.54, 1.807) is 4.90 Å². The molecule has 0 spiro atoms. The summed E-state index contributed by atoms with van der Waals surface area (Å²) in [7, 11) is 1.85. The normalized spacial score (nSPS) is 13.4. The van der Waals surface area contributed by atoms with Gasteiger partial charge in [-0.15, -0.1) is 0 Å². The molecule has 0 bridgehead atoms. The van der Waals surface area contributed by atoms with E-state index in [0.717, 1.165) is 6.54 Å². The maximum absolute atomic E-state index is 11.4. The first kappa shape index (κ1) is 11.1. The van der Waals surface area contributed by atoms with Crippen LogP contribution in [-0.2, 0) is 4.79 Å². The summed E-state index contributed by atoms with van der Waals surface area (Å²) < 4.78 is 0.153. The molecule has 2 nitrogen and oxygen atoms in total. The van der Waals surface area contributed by atoms with E-state index >= 15 is 0 Å². The van der Waals surface area contributed by atoms with Gasteiger partial charge in [0.05, 0.1) is 0 Å². The van der Waals surface area contributed by atoms with Crippen LogP contribution in [0, 0.1) is 5.92 Å². The molecule has 0 aromatic heterocycles. The molecular formula is C8H16LiNO. The molecule has 1 atom stereocenters. The summed E-state index contributed by atoms with van der Waals surface area (Å²) in [5, 5.41) is 0. The summed E-state index contributed by atoms with van der Waals surface area (Å²) >= 11 is 1.99. The van der Waals surface area contributed by atoms with E-state index in [2.05, 4.69) is 13.8 Å². The molecule has 0 saturated carbocycles. The van der Waals surface area contributed by atoms with E-state index in [9.17, 15) is 4.79 Å². The van der Waals surface area contributed by atoms with Crippen LogP contribution in [0.2, 0.25) is 4.59 Å². The molecule has 60 valence electrons. The van der Waals surface area contributed by atoms with Gasteiger partial charge in [0.2, 0.25) is 0 Å². The van der Waals surface area contributed by atoms with E-state index in [1.165, 1.54) is 0 Å². The monoisotopic (exact) mass is 149 g/mol. The molecule has 0 aromatic rings. The molecule has 0 rings (SSSR count). The fraction of sp³-hybridized carbons (Fsp3) is 0.875. The van der Waals surface area contributed by atoms with Crippen LogP contribution in [0.1, 0.15) is 20.8 Å². The Labute approximate surface area is 78.5 Å². The van der Waals surface area contributed by atoms with Crippen molar-refractivity contribution < 1.29 is 4.79 Å². The van der Waals surface area contributed by atoms with Gasteiger partial charge in [0.25, 0.3) is 0 Å². The Morgan fingerprint density at radius 3 is 2.27 bits per heavy atom. The van der Waals surface area contributed by atoms with Crippen LogP contribution in [-0.4, -0.2) is 42.1 Å². The third-order valence-electron chi connectivity index (χ3n) is 2.24. The number of hydrogen-bond acceptors (Lipinski definition) is 1. The van der Waals surface area contributed by atoms with Crippen molar-refractivity contribution in [2.24, 2.45) is 5.92 Å². The predicted octanol–water partition coefficient (Wildman–Crippen LogP) is 1.08. The van der Waals surface area contributed by atoms with E-state index in [-0.39, 0.29) is 10.5 Å². The quantitative estimate of drug-likeness (QED) is 0.550. The van der Waals surface area contributed by atoms with E-state index in [1.807, 2.05) is 31.7 Å². The summed E-state index contributed by atoms with van der Waals surface area (Å²) in [6.45, 7) is 6.94. The number of carbonyl (C=O) groups is 1. The van der Waals surface area contributed by atoms with Crippen LogP contribution in [0.25, 0.3) is 0 Å². The Morgan fingerprint density at radius 2 is 2.00 bits per heavy atom. The summed E-state index contributed by atoms with van der Waals surface area (Å²) in [5.74, 6) is 0.694. The molecule has 0 fully saturated rings. The molecule has 1 unspecified atom stereocenters. The molecule has 11 heavy (non-hydrogen) atoms. The minimum atomic E-state index is 0.153. The molecule has 0 aromatic carbocycles. The standard InChI is InChI=1S/C8H16NO.Li/c1-5-9(4)8(10)6-7(2)3;/h6-7H,5H2,1-4H3;. The second-order valence-corrected chi connectivity index (χ2v) is 3.39. The molecule has 0 aliphatic carbocycles. The van der Waals surface area contributed by atoms with Crippen molar-refractivity contribution in [3.8, 4) is 0 Å². The topological polar surface area (TPSA) is 20.3 Å². The second kappa shape index (κ2) is 4.85. The molecule has 0 radical (unpaired) electrons. The Kier molecular flexibility index (Phi) is 4.88. The van der Waals surface area contributed by atoms with Gasteiger partial charge in [0.1, 0.15) is 0 Å². The van der Waals surface area contributed by atoms with Gasteiger partial charge in [-0.1, -0.05) is 0 Å². The van der Waals surface area contributed by atoms with Crippen LogP contribution < -0.4 is 0 Å². The number of carbonyl (C=O) groups excluding carboxylic acids is 1. The number of hydrogen-bond donors (Lipinski definition) is 0. The van der Waals surface area contributed by atoms with Gasteiger partial charge >= 0.3 is 78.2 Å². The number of amides is 1. The SMILES string of the molecule is [Li][CH](C(=O)N(C)CC)C(C)C. The second-order valence-electron chi connectivity index (χ2n) is 3.39. The first-order chi connectivity index (χ1) is 5.00. The van der Waals surface area contributed by atoms with Crippen LogP contribution in [0.15, 0.2) is 0 Å². The Bertz CT molecular complexity index is 136. The zero-order valence-corrected chi connectivity index (χ0v) is 8.22. The van der Waals surface area contributed by atoms with Gasteiger partial charge in [-0.2, -0.15) is 0 Å². The first-order valence-electron chi connectivity index (χ1n) is 4.25. The van der Waals surface area contributed by atoms with Gasteiger partial charge in [0, 0.05) is 0 Å². The van der Waals surface area contributed by atoms with Crippen LogP contribution in [0.3, 0.4) is 0 Å². The summed E-state index contributed by atoms with van der Waals surface area (Å²) in [6, 6.07) is 0. The molecule has 0 saturated heterocycles. The third-order valence-corrected chi connectivity index (χ3v) is 2.24. The minimum absolute atomic E-state index is 0.153. The predicted molar refractivity (Wildman–Crippen MR) is 47.7 cm³/mol. The van der Waals surface area contributed by atoms with Crippen molar-refractivity contribution in [1.82, 2.24) is 4.90 Å². The van der Waals surface area contributed by atoms with Crippen molar-refractivity contribution in [3.05, 3.63) is 0 Å². The molecular weight excluding hydrogens is 133 g/mol. The van der Waals surface area contributed by atoms with Crippen molar-refractivity contribution in [2.75, 3.05) is 13.6 Å². The Hall–Kier alpha value is 0.0674. The summed E-state index contributed by atoms with van der Waals surface area (Å²) in [5.41, 5.74) is 0. The van der Waals surface area contributed by atoms with Gasteiger partial charge in [-0.3, -0.25) is 0 Å². The maximum atomic E-state index is 11.4. The summed E-state index contributed by atoms with van der Waals surface area (Å²) in [6.07, 6.45) is 0. The fourth-order valence-corrected chi connectivity index (χ4v) is 0.789. The van der Waals surface area contributed by atoms with Gasteiger partial charge < -0.3 is 0 Å². The van der Waals surface area contributed by atoms with Gasteiger partial charge in [-0.05, 0) is 0 Å². The van der Waals surface area contributed by atoms with E-state index < -0.39 is 0 Å². The van der Waals surface area contributed by atoms with Crippen molar-refractivity contribution in [2.45, 2.75) is 25.4 Å². The number of nitrogens with zero attached hydrogens (tertiary/aromatic N) is 1. The fourth-order valence-electron chi connectivity index (χ4n) is 0.789. The first-order valence-corrected chi connectivity index (χ1v) is 4.25. The van der Waals surface area contributed by atoms with E-state index in [4.69, 9.17) is 0 Å².